The van der Waals surface area contributed by atoms with Crippen LogP contribution in [0.2, 0.25) is 0 Å². The molecule has 0 fully saturated rings. The molecule has 2 atom stereocenters. The molecule has 2 unspecified atom stereocenters. The van der Waals surface area contributed by atoms with Crippen molar-refractivity contribution in [2.45, 2.75) is 45.3 Å². The molecule has 1 rings (SSSR count). The molecule has 0 bridgehead atoms. The van der Waals surface area contributed by atoms with Gasteiger partial charge in [0, 0.05) is 18.7 Å². The van der Waals surface area contributed by atoms with E-state index in [9.17, 15) is 8.78 Å². The zero-order valence-corrected chi connectivity index (χ0v) is 11.9. The first-order valence-corrected chi connectivity index (χ1v) is 6.85. The summed E-state index contributed by atoms with van der Waals surface area (Å²) in [5.74, 6) is -1.08. The predicted molar refractivity (Wildman–Crippen MR) is 73.1 cm³/mol. The molecule has 0 saturated heterocycles. The number of methoxy groups -OCH3 is 1. The Balaban J connectivity index is 2.99. The third-order valence-electron chi connectivity index (χ3n) is 3.16. The lowest BCUT2D eigenvalue weighted by Crippen LogP contribution is -2.34. The monoisotopic (exact) mass is 271 g/mol. The summed E-state index contributed by atoms with van der Waals surface area (Å²) in [6.07, 6.45) is 2.61. The number of rotatable bonds is 8. The van der Waals surface area contributed by atoms with Gasteiger partial charge in [0.15, 0.2) is 0 Å². The predicted octanol–water partition coefficient (Wildman–Crippen LogP) is 3.82. The van der Waals surface area contributed by atoms with Gasteiger partial charge in [0.2, 0.25) is 0 Å². The van der Waals surface area contributed by atoms with E-state index in [0.29, 0.717) is 5.56 Å². The normalized spacial score (nSPS) is 14.4. The van der Waals surface area contributed by atoms with Crippen LogP contribution in [0.4, 0.5) is 8.78 Å². The molecule has 1 N–H and O–H groups in total. The molecule has 1 aromatic rings. The summed E-state index contributed by atoms with van der Waals surface area (Å²) < 4.78 is 32.4. The summed E-state index contributed by atoms with van der Waals surface area (Å²) in [7, 11) is 1.63. The Morgan fingerprint density at radius 3 is 2.47 bits per heavy atom. The van der Waals surface area contributed by atoms with Gasteiger partial charge in [-0.1, -0.05) is 26.3 Å². The molecule has 0 radical (unpaired) electrons. The molecule has 19 heavy (non-hydrogen) atoms. The lowest BCUT2D eigenvalue weighted by molar-refractivity contribution is 0.0594. The quantitative estimate of drug-likeness (QED) is 0.776. The van der Waals surface area contributed by atoms with Crippen molar-refractivity contribution in [2.75, 3.05) is 13.7 Å². The molecule has 1 aromatic carbocycles. The van der Waals surface area contributed by atoms with E-state index >= 15 is 0 Å². The van der Waals surface area contributed by atoms with Crippen LogP contribution in [0.25, 0.3) is 0 Å². The molecule has 0 saturated carbocycles. The van der Waals surface area contributed by atoms with Crippen LogP contribution in [0.3, 0.4) is 0 Å². The molecule has 4 heteroatoms. The Labute approximate surface area is 114 Å². The Hall–Kier alpha value is -1.00. The van der Waals surface area contributed by atoms with Gasteiger partial charge >= 0.3 is 0 Å². The lowest BCUT2D eigenvalue weighted by atomic mass is 9.97. The van der Waals surface area contributed by atoms with Crippen molar-refractivity contribution in [1.29, 1.82) is 0 Å². The zero-order valence-electron chi connectivity index (χ0n) is 11.9. The van der Waals surface area contributed by atoms with Crippen LogP contribution in [0.15, 0.2) is 18.2 Å². The molecule has 0 aromatic heterocycles. The van der Waals surface area contributed by atoms with Crippen molar-refractivity contribution in [1.82, 2.24) is 5.32 Å². The van der Waals surface area contributed by atoms with Crippen LogP contribution in [-0.4, -0.2) is 19.8 Å². The van der Waals surface area contributed by atoms with Crippen molar-refractivity contribution < 1.29 is 13.5 Å². The number of benzene rings is 1. The van der Waals surface area contributed by atoms with Crippen LogP contribution in [-0.2, 0) is 4.74 Å². The molecule has 2 nitrogen and oxygen atoms in total. The summed E-state index contributed by atoms with van der Waals surface area (Å²) in [4.78, 5) is 0. The van der Waals surface area contributed by atoms with Gasteiger partial charge in [-0.3, -0.25) is 0 Å². The maximum absolute atomic E-state index is 13.9. The highest BCUT2D eigenvalue weighted by Gasteiger charge is 2.24. The van der Waals surface area contributed by atoms with E-state index in [1.165, 1.54) is 12.1 Å². The summed E-state index contributed by atoms with van der Waals surface area (Å²) in [6.45, 7) is 4.88. The minimum Gasteiger partial charge on any atom is -0.379 e. The van der Waals surface area contributed by atoms with E-state index < -0.39 is 11.6 Å². The topological polar surface area (TPSA) is 21.3 Å². The van der Waals surface area contributed by atoms with Crippen molar-refractivity contribution >= 4 is 0 Å². The number of hydrogen-bond acceptors (Lipinski definition) is 2. The second kappa shape index (κ2) is 8.23. The molecule has 0 heterocycles. The number of hydrogen-bond donors (Lipinski definition) is 1. The highest BCUT2D eigenvalue weighted by Crippen LogP contribution is 2.25. The number of nitrogens with one attached hydrogen (secondary N) is 1. The average molecular weight is 271 g/mol. The fourth-order valence-electron chi connectivity index (χ4n) is 2.20. The van der Waals surface area contributed by atoms with E-state index in [1.54, 1.807) is 7.11 Å². The SMILES string of the molecule is CCCNC(c1ccc(F)cc1F)C(CCC)OC. The Morgan fingerprint density at radius 2 is 1.95 bits per heavy atom. The van der Waals surface area contributed by atoms with Crippen LogP contribution >= 0.6 is 0 Å². The summed E-state index contributed by atoms with van der Waals surface area (Å²) in [5.41, 5.74) is 0.468. The van der Waals surface area contributed by atoms with Gasteiger partial charge < -0.3 is 10.1 Å². The molecular weight excluding hydrogens is 248 g/mol. The summed E-state index contributed by atoms with van der Waals surface area (Å²) in [5, 5.41) is 3.29. The second-order valence-corrected chi connectivity index (χ2v) is 4.66. The van der Waals surface area contributed by atoms with Crippen LogP contribution in [0.5, 0.6) is 0 Å². The van der Waals surface area contributed by atoms with Crippen molar-refractivity contribution in [2.24, 2.45) is 0 Å². The zero-order chi connectivity index (χ0) is 14.3. The Bertz CT molecular complexity index is 384. The van der Waals surface area contributed by atoms with E-state index in [1.807, 2.05) is 6.92 Å². The van der Waals surface area contributed by atoms with Gasteiger partial charge in [0.1, 0.15) is 11.6 Å². The van der Waals surface area contributed by atoms with Crippen molar-refractivity contribution in [3.63, 3.8) is 0 Å². The first kappa shape index (κ1) is 16.1. The van der Waals surface area contributed by atoms with E-state index in [0.717, 1.165) is 31.9 Å². The van der Waals surface area contributed by atoms with Gasteiger partial charge in [-0.15, -0.1) is 0 Å². The van der Waals surface area contributed by atoms with Gasteiger partial charge in [-0.05, 0) is 25.5 Å². The first-order valence-electron chi connectivity index (χ1n) is 6.85. The lowest BCUT2D eigenvalue weighted by Gasteiger charge is -2.27. The van der Waals surface area contributed by atoms with Gasteiger partial charge in [-0.25, -0.2) is 8.78 Å². The highest BCUT2D eigenvalue weighted by atomic mass is 19.1. The maximum atomic E-state index is 13.9. The first-order chi connectivity index (χ1) is 9.13. The minimum atomic E-state index is -0.556. The molecule has 0 amide bonds. The smallest absolute Gasteiger partial charge is 0.130 e. The summed E-state index contributed by atoms with van der Waals surface area (Å²) >= 11 is 0. The minimum absolute atomic E-state index is 0.114. The van der Waals surface area contributed by atoms with E-state index in [2.05, 4.69) is 12.2 Å². The van der Waals surface area contributed by atoms with Gasteiger partial charge in [0.05, 0.1) is 12.1 Å². The molecule has 0 aliphatic carbocycles. The third-order valence-corrected chi connectivity index (χ3v) is 3.16. The van der Waals surface area contributed by atoms with Crippen LogP contribution in [0.1, 0.15) is 44.7 Å². The molecule has 0 aliphatic heterocycles. The highest BCUT2D eigenvalue weighted by molar-refractivity contribution is 5.23. The van der Waals surface area contributed by atoms with Crippen molar-refractivity contribution in [3.8, 4) is 0 Å². The fraction of sp³-hybridized carbons (Fsp3) is 0.600. The van der Waals surface area contributed by atoms with Gasteiger partial charge in [-0.2, -0.15) is 0 Å². The Kier molecular flexibility index (Phi) is 6.95. The van der Waals surface area contributed by atoms with Crippen LogP contribution < -0.4 is 5.32 Å². The van der Waals surface area contributed by atoms with E-state index in [-0.39, 0.29) is 12.1 Å². The van der Waals surface area contributed by atoms with Crippen LogP contribution in [0, 0.1) is 11.6 Å². The standard InChI is InChI=1S/C15H23F2NO/c1-4-6-14(19-3)15(18-9-5-2)12-8-7-11(16)10-13(12)17/h7-8,10,14-15,18H,4-6,9H2,1-3H3. The van der Waals surface area contributed by atoms with E-state index in [4.69, 9.17) is 4.74 Å². The molecule has 0 aliphatic rings. The van der Waals surface area contributed by atoms with Gasteiger partial charge in [0.25, 0.3) is 0 Å². The second-order valence-electron chi connectivity index (χ2n) is 4.66. The largest absolute Gasteiger partial charge is 0.379 e. The molecule has 108 valence electrons. The Morgan fingerprint density at radius 1 is 1.21 bits per heavy atom. The fourth-order valence-corrected chi connectivity index (χ4v) is 2.20. The maximum Gasteiger partial charge on any atom is 0.130 e. The molecule has 0 spiro atoms. The third kappa shape index (κ3) is 4.55. The summed E-state index contributed by atoms with van der Waals surface area (Å²) in [6, 6.07) is 3.47. The number of halogens is 2. The average Bonchev–Trinajstić information content (AvgIpc) is 2.39. The number of ether oxygens (including phenoxy) is 1. The molecular formula is C15H23F2NO. The van der Waals surface area contributed by atoms with Crippen molar-refractivity contribution in [3.05, 3.63) is 35.4 Å².